The van der Waals surface area contributed by atoms with Crippen molar-refractivity contribution in [3.8, 4) is 0 Å². The van der Waals surface area contributed by atoms with Crippen LogP contribution in [0.2, 0.25) is 0 Å². The van der Waals surface area contributed by atoms with E-state index in [2.05, 4.69) is 31.2 Å². The van der Waals surface area contributed by atoms with Gasteiger partial charge in [0.1, 0.15) is 0 Å². The van der Waals surface area contributed by atoms with Gasteiger partial charge in [0.2, 0.25) is 0 Å². The standard InChI is InChI=1S/C12H16N2O2/c1-8-2-4-9(5-3-8)10-6-11(7-10)14(16)12(13)15/h2-5,10-11,16H,6-7H2,1H3,(H2,13,15)/t10-,11+. The van der Waals surface area contributed by atoms with Gasteiger partial charge in [-0.1, -0.05) is 29.8 Å². The predicted octanol–water partition coefficient (Wildman–Crippen LogP) is 2.01. The SMILES string of the molecule is Cc1ccc([C@H]2C[C@@H](N(O)C(N)=O)C2)cc1. The summed E-state index contributed by atoms with van der Waals surface area (Å²) in [6, 6.07) is 7.46. The van der Waals surface area contributed by atoms with Gasteiger partial charge in [0.05, 0.1) is 6.04 Å². The lowest BCUT2D eigenvalue weighted by Gasteiger charge is -2.39. The third kappa shape index (κ3) is 2.02. The van der Waals surface area contributed by atoms with Crippen LogP contribution in [0.25, 0.3) is 0 Å². The lowest BCUT2D eigenvalue weighted by atomic mass is 9.75. The number of hydrogen-bond acceptors (Lipinski definition) is 2. The molecule has 1 saturated carbocycles. The largest absolute Gasteiger partial charge is 0.350 e. The van der Waals surface area contributed by atoms with E-state index < -0.39 is 6.03 Å². The summed E-state index contributed by atoms with van der Waals surface area (Å²) in [4.78, 5) is 10.7. The van der Waals surface area contributed by atoms with E-state index in [0.29, 0.717) is 11.0 Å². The number of rotatable bonds is 2. The van der Waals surface area contributed by atoms with Gasteiger partial charge in [-0.15, -0.1) is 0 Å². The third-order valence-electron chi connectivity index (χ3n) is 3.23. The van der Waals surface area contributed by atoms with E-state index in [9.17, 15) is 10.0 Å². The van der Waals surface area contributed by atoms with Gasteiger partial charge in [0, 0.05) is 0 Å². The highest BCUT2D eigenvalue weighted by Crippen LogP contribution is 2.39. The Morgan fingerprint density at radius 1 is 1.38 bits per heavy atom. The van der Waals surface area contributed by atoms with Gasteiger partial charge >= 0.3 is 6.03 Å². The fourth-order valence-electron chi connectivity index (χ4n) is 2.08. The summed E-state index contributed by atoms with van der Waals surface area (Å²) in [6.07, 6.45) is 1.56. The maximum absolute atomic E-state index is 10.7. The molecule has 0 aromatic heterocycles. The molecule has 0 bridgehead atoms. The molecule has 86 valence electrons. The summed E-state index contributed by atoms with van der Waals surface area (Å²) in [5.74, 6) is 0.430. The zero-order valence-corrected chi connectivity index (χ0v) is 9.26. The summed E-state index contributed by atoms with van der Waals surface area (Å²) in [5.41, 5.74) is 7.49. The molecule has 2 amide bonds. The van der Waals surface area contributed by atoms with Crippen molar-refractivity contribution in [2.75, 3.05) is 0 Å². The first-order valence-electron chi connectivity index (χ1n) is 5.42. The highest BCUT2D eigenvalue weighted by atomic mass is 16.5. The molecule has 0 heterocycles. The second-order valence-corrected chi connectivity index (χ2v) is 4.42. The molecule has 0 radical (unpaired) electrons. The number of amides is 2. The first-order chi connectivity index (χ1) is 7.58. The van der Waals surface area contributed by atoms with Crippen molar-refractivity contribution in [2.24, 2.45) is 5.73 Å². The van der Waals surface area contributed by atoms with Crippen molar-refractivity contribution in [2.45, 2.75) is 31.7 Å². The molecule has 0 spiro atoms. The molecule has 3 N–H and O–H groups in total. The Labute approximate surface area is 94.6 Å². The van der Waals surface area contributed by atoms with Crippen LogP contribution in [0.15, 0.2) is 24.3 Å². The Hall–Kier alpha value is -1.55. The lowest BCUT2D eigenvalue weighted by molar-refractivity contribution is -0.102. The molecule has 4 heteroatoms. The minimum absolute atomic E-state index is 0.121. The van der Waals surface area contributed by atoms with Gasteiger partial charge in [-0.3, -0.25) is 5.21 Å². The van der Waals surface area contributed by atoms with Gasteiger partial charge in [0.25, 0.3) is 0 Å². The topological polar surface area (TPSA) is 66.6 Å². The minimum Gasteiger partial charge on any atom is -0.350 e. The smallest absolute Gasteiger partial charge is 0.338 e. The van der Waals surface area contributed by atoms with E-state index in [1.54, 1.807) is 0 Å². The number of benzene rings is 1. The molecule has 1 aliphatic rings. The van der Waals surface area contributed by atoms with Crippen molar-refractivity contribution < 1.29 is 10.0 Å². The van der Waals surface area contributed by atoms with Crippen LogP contribution in [-0.4, -0.2) is 22.3 Å². The molecule has 0 aliphatic heterocycles. The van der Waals surface area contributed by atoms with Crippen LogP contribution >= 0.6 is 0 Å². The number of hydrogen-bond donors (Lipinski definition) is 2. The highest BCUT2D eigenvalue weighted by molar-refractivity contribution is 5.71. The number of carbonyl (C=O) groups is 1. The van der Waals surface area contributed by atoms with Gasteiger partial charge in [-0.25, -0.2) is 9.86 Å². The number of hydroxylamine groups is 2. The van der Waals surface area contributed by atoms with Crippen LogP contribution in [0.3, 0.4) is 0 Å². The van der Waals surface area contributed by atoms with E-state index in [4.69, 9.17) is 5.73 Å². The monoisotopic (exact) mass is 220 g/mol. The molecule has 1 fully saturated rings. The number of aryl methyl sites for hydroxylation is 1. The molecular weight excluding hydrogens is 204 g/mol. The van der Waals surface area contributed by atoms with Crippen molar-refractivity contribution in [3.05, 3.63) is 35.4 Å². The van der Waals surface area contributed by atoms with Crippen LogP contribution in [0, 0.1) is 6.92 Å². The average Bonchev–Trinajstić information content (AvgIpc) is 2.18. The van der Waals surface area contributed by atoms with Gasteiger partial charge in [-0.05, 0) is 31.2 Å². The zero-order valence-electron chi connectivity index (χ0n) is 9.26. The van der Waals surface area contributed by atoms with E-state index in [0.717, 1.165) is 12.8 Å². The molecule has 16 heavy (non-hydrogen) atoms. The molecule has 0 saturated heterocycles. The van der Waals surface area contributed by atoms with E-state index in [-0.39, 0.29) is 6.04 Å². The molecule has 1 aromatic carbocycles. The summed E-state index contributed by atoms with van der Waals surface area (Å²) >= 11 is 0. The quantitative estimate of drug-likeness (QED) is 0.591. The molecular formula is C12H16N2O2. The maximum Gasteiger partial charge on any atom is 0.338 e. The minimum atomic E-state index is -0.771. The second kappa shape index (κ2) is 4.14. The Kier molecular flexibility index (Phi) is 2.83. The summed E-state index contributed by atoms with van der Waals surface area (Å²) < 4.78 is 0. The fraction of sp³-hybridized carbons (Fsp3) is 0.417. The van der Waals surface area contributed by atoms with Crippen molar-refractivity contribution in [3.63, 3.8) is 0 Å². The first kappa shape index (κ1) is 11.0. The lowest BCUT2D eigenvalue weighted by Crippen LogP contribution is -2.47. The molecule has 0 atom stereocenters. The van der Waals surface area contributed by atoms with Crippen LogP contribution < -0.4 is 5.73 Å². The van der Waals surface area contributed by atoms with Crippen molar-refractivity contribution >= 4 is 6.03 Å². The summed E-state index contributed by atoms with van der Waals surface area (Å²) in [6.45, 7) is 2.05. The maximum atomic E-state index is 10.7. The van der Waals surface area contributed by atoms with Crippen molar-refractivity contribution in [1.29, 1.82) is 0 Å². The van der Waals surface area contributed by atoms with E-state index in [1.807, 2.05) is 0 Å². The third-order valence-corrected chi connectivity index (χ3v) is 3.23. The summed E-state index contributed by atoms with van der Waals surface area (Å²) in [7, 11) is 0. The number of carbonyl (C=O) groups excluding carboxylic acids is 1. The number of urea groups is 1. The average molecular weight is 220 g/mol. The number of nitrogens with two attached hydrogens (primary N) is 1. The number of primary amides is 1. The predicted molar refractivity (Wildman–Crippen MR) is 60.2 cm³/mol. The molecule has 4 nitrogen and oxygen atoms in total. The molecule has 0 unspecified atom stereocenters. The first-order valence-corrected chi connectivity index (χ1v) is 5.42. The number of nitrogens with zero attached hydrogens (tertiary/aromatic N) is 1. The fourth-order valence-corrected chi connectivity index (χ4v) is 2.08. The van der Waals surface area contributed by atoms with E-state index >= 15 is 0 Å². The van der Waals surface area contributed by atoms with E-state index in [1.165, 1.54) is 11.1 Å². The van der Waals surface area contributed by atoms with Crippen LogP contribution in [0.4, 0.5) is 4.79 Å². The van der Waals surface area contributed by atoms with Gasteiger partial charge < -0.3 is 5.73 Å². The Morgan fingerprint density at radius 3 is 2.44 bits per heavy atom. The van der Waals surface area contributed by atoms with Gasteiger partial charge in [-0.2, -0.15) is 0 Å². The highest BCUT2D eigenvalue weighted by Gasteiger charge is 2.35. The zero-order chi connectivity index (χ0) is 11.7. The normalized spacial score (nSPS) is 23.6. The van der Waals surface area contributed by atoms with Crippen molar-refractivity contribution in [1.82, 2.24) is 5.06 Å². The van der Waals surface area contributed by atoms with Gasteiger partial charge in [0.15, 0.2) is 0 Å². The molecule has 2 rings (SSSR count). The van der Waals surface area contributed by atoms with Crippen LogP contribution in [0.5, 0.6) is 0 Å². The summed E-state index contributed by atoms with van der Waals surface area (Å²) in [5, 5.41) is 9.96. The second-order valence-electron chi connectivity index (χ2n) is 4.42. The Bertz CT molecular complexity index is 383. The van der Waals surface area contributed by atoms with Crippen LogP contribution in [-0.2, 0) is 0 Å². The molecule has 1 aliphatic carbocycles. The van der Waals surface area contributed by atoms with Crippen LogP contribution in [0.1, 0.15) is 29.9 Å². The Morgan fingerprint density at radius 2 is 1.94 bits per heavy atom. The molecule has 1 aromatic rings. The Balaban J connectivity index is 1.93.